The van der Waals surface area contributed by atoms with Crippen molar-refractivity contribution in [1.29, 1.82) is 0 Å². The molecule has 3 fully saturated rings. The van der Waals surface area contributed by atoms with Gasteiger partial charge in [-0.05, 0) is 98.7 Å². The molecule has 4 aliphatic rings. The fraction of sp³-hybridized carbons (Fsp3) is 0.347. The van der Waals surface area contributed by atoms with Crippen LogP contribution in [0.4, 0.5) is 26.2 Å². The molecule has 0 bridgehead atoms. The number of thiophene rings is 1. The van der Waals surface area contributed by atoms with Gasteiger partial charge in [-0.25, -0.2) is 27.2 Å². The van der Waals surface area contributed by atoms with Gasteiger partial charge in [-0.15, -0.1) is 11.3 Å². The number of halogens is 2. The predicted molar refractivity (Wildman–Crippen MR) is 261 cm³/mol. The maximum Gasteiger partial charge on any atom is 0.349 e. The van der Waals surface area contributed by atoms with Crippen LogP contribution in [-0.2, 0) is 30.2 Å². The molecule has 70 heavy (non-hydrogen) atoms. The minimum Gasteiger partial charge on any atom is -0.479 e. The predicted octanol–water partition coefficient (Wildman–Crippen LogP) is 7.88. The molecule has 5 amide bonds. The third kappa shape index (κ3) is 9.27. The summed E-state index contributed by atoms with van der Waals surface area (Å²) in [5.41, 5.74) is 2.20. The number of hydrogen-bond acceptors (Lipinski definition) is 11. The number of benzene rings is 4. The van der Waals surface area contributed by atoms with Crippen molar-refractivity contribution in [3.63, 3.8) is 0 Å². The van der Waals surface area contributed by atoms with Crippen LogP contribution in [0.15, 0.2) is 72.8 Å². The van der Waals surface area contributed by atoms with Gasteiger partial charge in [-0.1, -0.05) is 54.1 Å². The van der Waals surface area contributed by atoms with E-state index in [1.54, 1.807) is 49.1 Å². The van der Waals surface area contributed by atoms with Crippen molar-refractivity contribution >= 4 is 96.5 Å². The zero-order valence-corrected chi connectivity index (χ0v) is 40.3. The number of carboxylic acids is 2. The number of likely N-dealkylation sites (tertiary alicyclic amines) is 1. The zero-order chi connectivity index (χ0) is 49.8. The Bertz CT molecular complexity index is 3120. The summed E-state index contributed by atoms with van der Waals surface area (Å²) in [5.74, 6) is -5.45. The average molecular weight is 1020 g/mol. The molecule has 4 aliphatic heterocycles. The highest BCUT2D eigenvalue weighted by molar-refractivity contribution is 7.88. The Morgan fingerprint density at radius 1 is 0.957 bits per heavy atom. The Hall–Kier alpha value is -6.61. The van der Waals surface area contributed by atoms with E-state index in [4.69, 9.17) is 21.4 Å². The number of rotatable bonds is 13. The SMILES string of the molecule is CC1(C)C[C@H](Nc2cccc(-c3sc(C(=O)O)c(OCC(=O)O)c3Cl)c2)CCN1S(=O)(=O)Cc1cccc(NC(=O)N2CCC(c3ccc4c5c(cccc35)C(=O)N4C3CCC(=O)NC3=O)CC2)c1F. The Morgan fingerprint density at radius 3 is 2.41 bits per heavy atom. The van der Waals surface area contributed by atoms with Crippen LogP contribution >= 0.6 is 22.9 Å². The number of carboxylic acid groups (broad SMARTS) is 2. The van der Waals surface area contributed by atoms with Gasteiger partial charge in [0.15, 0.2) is 23.1 Å². The summed E-state index contributed by atoms with van der Waals surface area (Å²) in [6.07, 6.45) is 2.32. The lowest BCUT2D eigenvalue weighted by Gasteiger charge is -2.45. The second-order valence-electron chi connectivity index (χ2n) is 18.5. The summed E-state index contributed by atoms with van der Waals surface area (Å²) >= 11 is 7.37. The fourth-order valence-corrected chi connectivity index (χ4v) is 13.7. The number of hydrogen-bond donors (Lipinski definition) is 5. The minimum atomic E-state index is -4.08. The summed E-state index contributed by atoms with van der Waals surface area (Å²) in [4.78, 5) is 78.1. The lowest BCUT2D eigenvalue weighted by molar-refractivity contribution is -0.139. The molecule has 17 nitrogen and oxygen atoms in total. The van der Waals surface area contributed by atoms with Crippen molar-refractivity contribution in [2.24, 2.45) is 0 Å². The Labute approximate surface area is 410 Å². The monoisotopic (exact) mass is 1010 g/mol. The number of anilines is 3. The standard InChI is InChI=1S/C49H48ClFN6O11S2/c1-49(2)23-30(52-29-8-3-6-27(22-29)43-40(50)42(68-24-38(59)60)44(69-43)47(63)64)18-21-56(49)70(66,67)25-28-7-4-11-34(41(28)51)53-48(65)55-19-16-26(17-20-55)31-12-13-35-39-32(31)9-5-10-33(39)46(62)57(35)36-14-15-37(58)54-45(36)61/h3-13,22,26,30,36,52H,14-21,23-25H2,1-2H3,(H,53,65)(H,59,60)(H,63,64)(H,54,58,61)/t30-,36?/m1/s1. The second-order valence-corrected chi connectivity index (χ2v) is 21.8. The topological polar surface area (TPSA) is 232 Å². The fourth-order valence-electron chi connectivity index (χ4n) is 10.3. The van der Waals surface area contributed by atoms with E-state index in [9.17, 15) is 42.3 Å². The Morgan fingerprint density at radius 2 is 1.70 bits per heavy atom. The largest absolute Gasteiger partial charge is 0.479 e. The molecule has 5 heterocycles. The number of imide groups is 1. The summed E-state index contributed by atoms with van der Waals surface area (Å²) in [6.45, 7) is 3.66. The van der Waals surface area contributed by atoms with Crippen molar-refractivity contribution in [2.75, 3.05) is 41.8 Å². The first-order valence-corrected chi connectivity index (χ1v) is 25.5. The van der Waals surface area contributed by atoms with Crippen LogP contribution in [0.25, 0.3) is 21.2 Å². The molecule has 366 valence electrons. The van der Waals surface area contributed by atoms with Crippen molar-refractivity contribution in [2.45, 2.75) is 81.7 Å². The van der Waals surface area contributed by atoms with Gasteiger partial charge in [-0.2, -0.15) is 4.31 Å². The number of aliphatic carboxylic acids is 1. The Balaban J connectivity index is 0.817. The third-order valence-corrected chi connectivity index (χ3v) is 17.1. The summed E-state index contributed by atoms with van der Waals surface area (Å²) < 4.78 is 50.9. The van der Waals surface area contributed by atoms with E-state index in [1.165, 1.54) is 27.4 Å². The van der Waals surface area contributed by atoms with Crippen molar-refractivity contribution in [3.05, 3.63) is 105 Å². The molecular formula is C49H48ClFN6O11S2. The highest BCUT2D eigenvalue weighted by atomic mass is 35.5. The minimum absolute atomic E-state index is 0.0299. The first-order valence-electron chi connectivity index (χ1n) is 22.6. The van der Waals surface area contributed by atoms with Gasteiger partial charge in [0, 0.05) is 59.8 Å². The molecule has 9 rings (SSSR count). The van der Waals surface area contributed by atoms with Crippen molar-refractivity contribution in [1.82, 2.24) is 14.5 Å². The molecule has 3 saturated heterocycles. The molecule has 2 atom stereocenters. The molecule has 5 aromatic rings. The third-order valence-electron chi connectivity index (χ3n) is 13.4. The van der Waals surface area contributed by atoms with Crippen LogP contribution in [0, 0.1) is 5.82 Å². The number of sulfonamides is 1. The van der Waals surface area contributed by atoms with Crippen LogP contribution in [0.3, 0.4) is 0 Å². The van der Waals surface area contributed by atoms with Gasteiger partial charge in [0.05, 0.1) is 22.0 Å². The normalized spacial score (nSPS) is 19.6. The Kier molecular flexibility index (Phi) is 13.1. The van der Waals surface area contributed by atoms with E-state index < -0.39 is 63.7 Å². The van der Waals surface area contributed by atoms with E-state index in [2.05, 4.69) is 16.0 Å². The van der Waals surface area contributed by atoms with Crippen LogP contribution < -0.4 is 25.6 Å². The van der Waals surface area contributed by atoms with Crippen LogP contribution in [0.5, 0.6) is 5.75 Å². The lowest BCUT2D eigenvalue weighted by atomic mass is 9.85. The summed E-state index contributed by atoms with van der Waals surface area (Å²) in [7, 11) is -4.08. The molecular weight excluding hydrogens is 967 g/mol. The smallest absolute Gasteiger partial charge is 0.349 e. The molecule has 5 N–H and O–H groups in total. The number of carbonyl (C=O) groups excluding carboxylic acids is 4. The van der Waals surface area contributed by atoms with Gasteiger partial charge in [0.2, 0.25) is 21.8 Å². The number of ether oxygens (including phenoxy) is 1. The van der Waals surface area contributed by atoms with Crippen LogP contribution in [-0.4, -0.2) is 107 Å². The van der Waals surface area contributed by atoms with Gasteiger partial charge < -0.3 is 30.5 Å². The lowest BCUT2D eigenvalue weighted by Crippen LogP contribution is -2.55. The second kappa shape index (κ2) is 19.0. The number of nitrogens with one attached hydrogen (secondary N) is 3. The van der Waals surface area contributed by atoms with Gasteiger partial charge >= 0.3 is 18.0 Å². The highest BCUT2D eigenvalue weighted by Gasteiger charge is 2.43. The zero-order valence-electron chi connectivity index (χ0n) is 37.9. The molecule has 0 spiro atoms. The van der Waals surface area contributed by atoms with Crippen molar-refractivity contribution < 1.29 is 56.5 Å². The highest BCUT2D eigenvalue weighted by Crippen LogP contribution is 2.47. The summed E-state index contributed by atoms with van der Waals surface area (Å²) in [6, 6.07) is 19.1. The van der Waals surface area contributed by atoms with E-state index in [0.29, 0.717) is 66.2 Å². The van der Waals surface area contributed by atoms with Gasteiger partial charge in [0.1, 0.15) is 11.1 Å². The number of piperidine rings is 3. The van der Waals surface area contributed by atoms with E-state index in [-0.39, 0.29) is 70.1 Å². The molecule has 0 aliphatic carbocycles. The number of nitrogens with zero attached hydrogens (tertiary/aromatic N) is 3. The molecule has 21 heteroatoms. The number of aromatic carboxylic acids is 1. The average Bonchev–Trinajstić information content (AvgIpc) is 3.80. The van der Waals surface area contributed by atoms with Crippen LogP contribution in [0.1, 0.15) is 89.4 Å². The van der Waals surface area contributed by atoms with Gasteiger partial charge in [0.25, 0.3) is 5.91 Å². The number of carbonyl (C=O) groups is 6. The van der Waals surface area contributed by atoms with E-state index in [0.717, 1.165) is 27.7 Å². The molecule has 0 radical (unpaired) electrons. The molecule has 4 aromatic carbocycles. The maximum atomic E-state index is 16.2. The number of urea groups is 1. The first-order chi connectivity index (χ1) is 33.3. The molecule has 0 saturated carbocycles. The van der Waals surface area contributed by atoms with Crippen LogP contribution in [0.2, 0.25) is 5.02 Å². The van der Waals surface area contributed by atoms with E-state index in [1.807, 2.05) is 24.3 Å². The van der Waals surface area contributed by atoms with Crippen molar-refractivity contribution in [3.8, 4) is 16.2 Å². The molecule has 1 aromatic heterocycles. The van der Waals surface area contributed by atoms with Gasteiger partial charge in [-0.3, -0.25) is 24.6 Å². The number of amides is 5. The van der Waals surface area contributed by atoms with E-state index >= 15 is 4.39 Å². The quantitative estimate of drug-likeness (QED) is 0.0709. The summed E-state index contributed by atoms with van der Waals surface area (Å²) in [5, 5.41) is 28.8. The maximum absolute atomic E-state index is 16.2. The molecule has 1 unspecified atom stereocenters. The first kappa shape index (κ1) is 48.4.